The molecule has 2 rings (SSSR count). The van der Waals surface area contributed by atoms with Crippen molar-refractivity contribution < 1.29 is 14.7 Å². The number of fused-ring (bicyclic) bond motifs is 1. The largest absolute Gasteiger partial charge is 0.480 e. The highest BCUT2D eigenvalue weighted by Crippen LogP contribution is 2.41. The van der Waals surface area contributed by atoms with Crippen molar-refractivity contribution in [1.29, 1.82) is 0 Å². The summed E-state index contributed by atoms with van der Waals surface area (Å²) in [6, 6.07) is 4.65. The molecule has 0 saturated carbocycles. The SMILES string of the molecule is CN1C(=O)C(C)(C)c2cc(CC(N)C(=O)O)ccc21. The van der Waals surface area contributed by atoms with Gasteiger partial charge in [-0.05, 0) is 37.5 Å². The molecule has 0 aliphatic carbocycles. The quantitative estimate of drug-likeness (QED) is 0.847. The molecule has 3 N–H and O–H groups in total. The van der Waals surface area contributed by atoms with Crippen LogP contribution in [0.5, 0.6) is 0 Å². The third-order valence-corrected chi connectivity index (χ3v) is 3.71. The van der Waals surface area contributed by atoms with E-state index < -0.39 is 17.4 Å². The first-order chi connectivity index (χ1) is 8.75. The fourth-order valence-electron chi connectivity index (χ4n) is 2.49. The number of carboxylic acids is 1. The van der Waals surface area contributed by atoms with Gasteiger partial charge in [-0.15, -0.1) is 0 Å². The number of amides is 1. The summed E-state index contributed by atoms with van der Waals surface area (Å²) in [7, 11) is 1.75. The van der Waals surface area contributed by atoms with E-state index in [-0.39, 0.29) is 12.3 Å². The molecule has 0 spiro atoms. The van der Waals surface area contributed by atoms with Gasteiger partial charge in [0.05, 0.1) is 5.41 Å². The van der Waals surface area contributed by atoms with Crippen LogP contribution in [0.2, 0.25) is 0 Å². The van der Waals surface area contributed by atoms with Crippen molar-refractivity contribution >= 4 is 17.6 Å². The van der Waals surface area contributed by atoms with Crippen LogP contribution in [0, 0.1) is 0 Å². The second-order valence-electron chi connectivity index (χ2n) is 5.49. The van der Waals surface area contributed by atoms with Gasteiger partial charge in [-0.2, -0.15) is 0 Å². The molecule has 0 bridgehead atoms. The van der Waals surface area contributed by atoms with Crippen LogP contribution in [0.3, 0.4) is 0 Å². The molecule has 1 aliphatic heterocycles. The Morgan fingerprint density at radius 3 is 2.68 bits per heavy atom. The molecular weight excluding hydrogens is 244 g/mol. The van der Waals surface area contributed by atoms with Gasteiger partial charge in [0.1, 0.15) is 6.04 Å². The number of rotatable bonds is 3. The zero-order valence-corrected chi connectivity index (χ0v) is 11.3. The summed E-state index contributed by atoms with van der Waals surface area (Å²) in [5.41, 5.74) is 7.60. The van der Waals surface area contributed by atoms with E-state index in [0.29, 0.717) is 0 Å². The number of benzene rings is 1. The van der Waals surface area contributed by atoms with Gasteiger partial charge in [-0.25, -0.2) is 0 Å². The number of aliphatic carboxylic acids is 1. The maximum absolute atomic E-state index is 12.1. The van der Waals surface area contributed by atoms with Crippen LogP contribution in [-0.4, -0.2) is 30.1 Å². The van der Waals surface area contributed by atoms with Gasteiger partial charge in [0.25, 0.3) is 0 Å². The van der Waals surface area contributed by atoms with Gasteiger partial charge in [0, 0.05) is 12.7 Å². The summed E-state index contributed by atoms with van der Waals surface area (Å²) in [4.78, 5) is 24.5. The summed E-state index contributed by atoms with van der Waals surface area (Å²) < 4.78 is 0. The topological polar surface area (TPSA) is 83.6 Å². The lowest BCUT2D eigenvalue weighted by Crippen LogP contribution is -2.33. The van der Waals surface area contributed by atoms with Crippen LogP contribution in [0.4, 0.5) is 5.69 Å². The Morgan fingerprint density at radius 1 is 1.47 bits per heavy atom. The maximum Gasteiger partial charge on any atom is 0.320 e. The second kappa shape index (κ2) is 4.35. The standard InChI is InChI=1S/C14H18N2O3/c1-14(2)9-6-8(7-10(15)12(17)18)4-5-11(9)16(3)13(14)19/h4-6,10H,7,15H2,1-3H3,(H,17,18). The number of nitrogens with zero attached hydrogens (tertiary/aromatic N) is 1. The summed E-state index contributed by atoms with van der Waals surface area (Å²) in [6.45, 7) is 3.75. The first kappa shape index (κ1) is 13.5. The molecule has 1 aliphatic rings. The van der Waals surface area contributed by atoms with Gasteiger partial charge >= 0.3 is 5.97 Å². The molecule has 1 heterocycles. The van der Waals surface area contributed by atoms with E-state index in [0.717, 1.165) is 16.8 Å². The van der Waals surface area contributed by atoms with Crippen LogP contribution in [0.15, 0.2) is 18.2 Å². The van der Waals surface area contributed by atoms with Gasteiger partial charge < -0.3 is 15.7 Å². The highest BCUT2D eigenvalue weighted by atomic mass is 16.4. The Kier molecular flexibility index (Phi) is 3.10. The van der Waals surface area contributed by atoms with Gasteiger partial charge in [0.2, 0.25) is 5.91 Å². The third kappa shape index (κ3) is 2.10. The van der Waals surface area contributed by atoms with Crippen molar-refractivity contribution in [3.05, 3.63) is 29.3 Å². The zero-order chi connectivity index (χ0) is 14.4. The van der Waals surface area contributed by atoms with E-state index in [1.165, 1.54) is 0 Å². The second-order valence-corrected chi connectivity index (χ2v) is 5.49. The Morgan fingerprint density at radius 2 is 2.11 bits per heavy atom. The number of carboxylic acid groups (broad SMARTS) is 1. The molecule has 1 amide bonds. The number of nitrogens with two attached hydrogens (primary N) is 1. The minimum Gasteiger partial charge on any atom is -0.480 e. The molecule has 0 aromatic heterocycles. The first-order valence-corrected chi connectivity index (χ1v) is 6.15. The highest BCUT2D eigenvalue weighted by Gasteiger charge is 2.42. The lowest BCUT2D eigenvalue weighted by atomic mass is 9.85. The molecule has 0 radical (unpaired) electrons. The Labute approximate surface area is 112 Å². The lowest BCUT2D eigenvalue weighted by Gasteiger charge is -2.17. The average Bonchev–Trinajstić information content (AvgIpc) is 2.51. The molecule has 5 nitrogen and oxygen atoms in total. The van der Waals surface area contributed by atoms with Crippen LogP contribution < -0.4 is 10.6 Å². The maximum atomic E-state index is 12.1. The fourth-order valence-corrected chi connectivity index (χ4v) is 2.49. The van der Waals surface area contributed by atoms with Crippen molar-refractivity contribution in [2.75, 3.05) is 11.9 Å². The summed E-state index contributed by atoms with van der Waals surface area (Å²) >= 11 is 0. The number of likely N-dealkylation sites (N-methyl/N-ethyl adjacent to an activating group) is 1. The molecule has 5 heteroatoms. The molecule has 0 saturated heterocycles. The molecule has 1 aromatic carbocycles. The Balaban J connectivity index is 2.38. The molecule has 19 heavy (non-hydrogen) atoms. The van der Waals surface area contributed by atoms with Crippen molar-refractivity contribution in [3.8, 4) is 0 Å². The highest BCUT2D eigenvalue weighted by molar-refractivity contribution is 6.07. The zero-order valence-electron chi connectivity index (χ0n) is 11.3. The Bertz CT molecular complexity index is 552. The fraction of sp³-hybridized carbons (Fsp3) is 0.429. The van der Waals surface area contributed by atoms with Crippen molar-refractivity contribution in [3.63, 3.8) is 0 Å². The molecule has 1 aromatic rings. The minimum atomic E-state index is -1.02. The van der Waals surface area contributed by atoms with E-state index >= 15 is 0 Å². The lowest BCUT2D eigenvalue weighted by molar-refractivity contribution is -0.138. The molecular formula is C14H18N2O3. The monoisotopic (exact) mass is 262 g/mol. The van der Waals surface area contributed by atoms with E-state index in [4.69, 9.17) is 10.8 Å². The summed E-state index contributed by atoms with van der Waals surface area (Å²) in [5, 5.41) is 8.84. The number of hydrogen-bond donors (Lipinski definition) is 2. The van der Waals surface area contributed by atoms with Crippen LogP contribution in [0.1, 0.15) is 25.0 Å². The van der Waals surface area contributed by atoms with Gasteiger partial charge in [0.15, 0.2) is 0 Å². The summed E-state index contributed by atoms with van der Waals surface area (Å²) in [5.74, 6) is -0.977. The van der Waals surface area contributed by atoms with E-state index in [1.807, 2.05) is 32.0 Å². The van der Waals surface area contributed by atoms with Crippen LogP contribution in [0.25, 0.3) is 0 Å². The Hall–Kier alpha value is -1.88. The van der Waals surface area contributed by atoms with Crippen molar-refractivity contribution in [2.24, 2.45) is 5.73 Å². The molecule has 0 fully saturated rings. The normalized spacial score (nSPS) is 18.3. The number of hydrogen-bond acceptors (Lipinski definition) is 3. The van der Waals surface area contributed by atoms with Crippen LogP contribution >= 0.6 is 0 Å². The number of carbonyl (C=O) groups is 2. The first-order valence-electron chi connectivity index (χ1n) is 6.15. The predicted molar refractivity (Wildman–Crippen MR) is 72.2 cm³/mol. The average molecular weight is 262 g/mol. The molecule has 102 valence electrons. The van der Waals surface area contributed by atoms with Gasteiger partial charge in [-0.1, -0.05) is 12.1 Å². The van der Waals surface area contributed by atoms with Crippen LogP contribution in [-0.2, 0) is 21.4 Å². The molecule has 1 unspecified atom stereocenters. The van der Waals surface area contributed by atoms with Crippen molar-refractivity contribution in [2.45, 2.75) is 31.7 Å². The predicted octanol–water partition coefficient (Wildman–Crippen LogP) is 0.895. The number of carbonyl (C=O) groups excluding carboxylic acids is 1. The van der Waals surface area contributed by atoms with Gasteiger partial charge in [-0.3, -0.25) is 9.59 Å². The van der Waals surface area contributed by atoms with E-state index in [1.54, 1.807) is 11.9 Å². The molecule has 1 atom stereocenters. The summed E-state index contributed by atoms with van der Waals surface area (Å²) in [6.07, 6.45) is 0.261. The smallest absolute Gasteiger partial charge is 0.320 e. The van der Waals surface area contributed by atoms with E-state index in [9.17, 15) is 9.59 Å². The third-order valence-electron chi connectivity index (χ3n) is 3.71. The van der Waals surface area contributed by atoms with E-state index in [2.05, 4.69) is 0 Å². The number of anilines is 1. The van der Waals surface area contributed by atoms with Crippen molar-refractivity contribution in [1.82, 2.24) is 0 Å². The minimum absolute atomic E-state index is 0.0437.